The lowest BCUT2D eigenvalue weighted by molar-refractivity contribution is 0.102. The van der Waals surface area contributed by atoms with Crippen LogP contribution in [0.4, 0.5) is 5.69 Å². The van der Waals surface area contributed by atoms with E-state index in [1.165, 1.54) is 5.56 Å². The molecule has 0 radical (unpaired) electrons. The van der Waals surface area contributed by atoms with Gasteiger partial charge in [0.2, 0.25) is 5.43 Å². The summed E-state index contributed by atoms with van der Waals surface area (Å²) in [5, 5.41) is 3.28. The summed E-state index contributed by atoms with van der Waals surface area (Å²) in [4.78, 5) is 25.6. The average Bonchev–Trinajstić information content (AvgIpc) is 2.68. The van der Waals surface area contributed by atoms with Crippen molar-refractivity contribution in [1.82, 2.24) is 4.57 Å². The summed E-state index contributed by atoms with van der Waals surface area (Å²) in [5.41, 5.74) is 2.45. The second-order valence-electron chi connectivity index (χ2n) is 6.05. The van der Waals surface area contributed by atoms with Gasteiger partial charge in [0.15, 0.2) is 0 Å². The van der Waals surface area contributed by atoms with Gasteiger partial charge in [0.25, 0.3) is 5.91 Å². The summed E-state index contributed by atoms with van der Waals surface area (Å²) in [5.74, 6) is 0.177. The van der Waals surface area contributed by atoms with Gasteiger partial charge in [-0.3, -0.25) is 9.59 Å². The molecule has 3 aromatic rings. The highest BCUT2D eigenvalue weighted by Crippen LogP contribution is 2.19. The summed E-state index contributed by atoms with van der Waals surface area (Å²) in [6, 6.07) is 12.9. The summed E-state index contributed by atoms with van der Waals surface area (Å²) in [7, 11) is 1.55. The van der Waals surface area contributed by atoms with Crippen LogP contribution in [0.2, 0.25) is 0 Å². The summed E-state index contributed by atoms with van der Waals surface area (Å²) >= 11 is 0. The van der Waals surface area contributed by atoms with Gasteiger partial charge in [-0.15, -0.1) is 0 Å². The summed E-state index contributed by atoms with van der Waals surface area (Å²) < 4.78 is 7.11. The van der Waals surface area contributed by atoms with Crippen molar-refractivity contribution in [2.75, 3.05) is 12.4 Å². The number of hydrogen-bond acceptors (Lipinski definition) is 3. The minimum atomic E-state index is -0.411. The first-order valence-electron chi connectivity index (χ1n) is 8.68. The number of amides is 1. The Kier molecular flexibility index (Phi) is 5.07. The van der Waals surface area contributed by atoms with Crippen LogP contribution in [0.15, 0.2) is 53.5 Å². The molecule has 0 aliphatic carbocycles. The largest absolute Gasteiger partial charge is 0.497 e. The fourth-order valence-electron chi connectivity index (χ4n) is 2.95. The molecule has 5 nitrogen and oxygen atoms in total. The number of hydrogen-bond donors (Lipinski definition) is 1. The number of pyridine rings is 1. The standard InChI is InChI=1S/C21H22N2O3/c1-4-14-6-8-15(9-7-14)22-21(25)18-13-23(5-2)19-11-10-16(26-3)12-17(19)20(18)24/h6-13H,4-5H2,1-3H3,(H,22,25). The zero-order valence-electron chi connectivity index (χ0n) is 15.2. The number of nitrogens with one attached hydrogen (secondary N) is 1. The Bertz CT molecular complexity index is 1000. The third-order valence-electron chi connectivity index (χ3n) is 4.49. The van der Waals surface area contributed by atoms with Gasteiger partial charge >= 0.3 is 0 Å². The number of rotatable bonds is 5. The highest BCUT2D eigenvalue weighted by Gasteiger charge is 2.16. The molecule has 5 heteroatoms. The normalized spacial score (nSPS) is 10.7. The number of aryl methyl sites for hydroxylation is 2. The van der Waals surface area contributed by atoms with E-state index in [1.54, 1.807) is 19.4 Å². The first kappa shape index (κ1) is 17.7. The predicted octanol–water partition coefficient (Wildman–Crippen LogP) is 3.84. The molecule has 0 fully saturated rings. The number of methoxy groups -OCH3 is 1. The third kappa shape index (κ3) is 3.33. The van der Waals surface area contributed by atoms with E-state index in [0.29, 0.717) is 23.4 Å². The lowest BCUT2D eigenvalue weighted by Gasteiger charge is -2.13. The highest BCUT2D eigenvalue weighted by molar-refractivity contribution is 6.05. The van der Waals surface area contributed by atoms with Crippen LogP contribution in [0, 0.1) is 0 Å². The van der Waals surface area contributed by atoms with Crippen LogP contribution in [-0.2, 0) is 13.0 Å². The van der Waals surface area contributed by atoms with Crippen molar-refractivity contribution < 1.29 is 9.53 Å². The average molecular weight is 350 g/mol. The number of carbonyl (C=O) groups excluding carboxylic acids is 1. The number of benzene rings is 2. The van der Waals surface area contributed by atoms with Crippen LogP contribution in [0.5, 0.6) is 5.75 Å². The van der Waals surface area contributed by atoms with Crippen molar-refractivity contribution in [3.63, 3.8) is 0 Å². The van der Waals surface area contributed by atoms with Crippen LogP contribution >= 0.6 is 0 Å². The predicted molar refractivity (Wildman–Crippen MR) is 104 cm³/mol. The zero-order valence-corrected chi connectivity index (χ0v) is 15.2. The van der Waals surface area contributed by atoms with Crippen molar-refractivity contribution in [3.05, 3.63) is 70.0 Å². The minimum absolute atomic E-state index is 0.118. The number of ether oxygens (including phenoxy) is 1. The van der Waals surface area contributed by atoms with Gasteiger partial charge in [-0.25, -0.2) is 0 Å². The molecule has 2 aromatic carbocycles. The Labute approximate surface area is 152 Å². The molecular weight excluding hydrogens is 328 g/mol. The van der Waals surface area contributed by atoms with E-state index >= 15 is 0 Å². The molecule has 1 heterocycles. The van der Waals surface area contributed by atoms with E-state index in [4.69, 9.17) is 4.74 Å². The topological polar surface area (TPSA) is 60.3 Å². The van der Waals surface area contributed by atoms with Gasteiger partial charge in [0, 0.05) is 18.4 Å². The quantitative estimate of drug-likeness (QED) is 0.760. The van der Waals surface area contributed by atoms with Crippen LogP contribution in [0.3, 0.4) is 0 Å². The Balaban J connectivity index is 2.03. The fraction of sp³-hybridized carbons (Fsp3) is 0.238. The molecule has 1 N–H and O–H groups in total. The van der Waals surface area contributed by atoms with Crippen molar-refractivity contribution in [2.24, 2.45) is 0 Å². The molecule has 0 aliphatic heterocycles. The first-order valence-corrected chi connectivity index (χ1v) is 8.68. The first-order chi connectivity index (χ1) is 12.6. The Morgan fingerprint density at radius 3 is 2.46 bits per heavy atom. The van der Waals surface area contributed by atoms with Crippen molar-refractivity contribution in [1.29, 1.82) is 0 Å². The second-order valence-corrected chi connectivity index (χ2v) is 6.05. The van der Waals surface area contributed by atoms with Gasteiger partial charge in [0.1, 0.15) is 11.3 Å². The van der Waals surface area contributed by atoms with Crippen LogP contribution < -0.4 is 15.5 Å². The van der Waals surface area contributed by atoms with E-state index in [0.717, 1.165) is 11.9 Å². The molecule has 0 bridgehead atoms. The summed E-state index contributed by atoms with van der Waals surface area (Å²) in [6.07, 6.45) is 2.55. The molecule has 1 amide bonds. The maximum Gasteiger partial charge on any atom is 0.261 e. The molecule has 0 atom stereocenters. The van der Waals surface area contributed by atoms with Gasteiger partial charge in [-0.1, -0.05) is 19.1 Å². The smallest absolute Gasteiger partial charge is 0.261 e. The molecule has 0 aliphatic rings. The lowest BCUT2D eigenvalue weighted by atomic mass is 10.1. The van der Waals surface area contributed by atoms with Crippen molar-refractivity contribution >= 4 is 22.5 Å². The van der Waals surface area contributed by atoms with E-state index in [1.807, 2.05) is 47.9 Å². The Morgan fingerprint density at radius 1 is 1.12 bits per heavy atom. The van der Waals surface area contributed by atoms with E-state index in [2.05, 4.69) is 12.2 Å². The van der Waals surface area contributed by atoms with Crippen molar-refractivity contribution in [2.45, 2.75) is 26.8 Å². The van der Waals surface area contributed by atoms with Crippen molar-refractivity contribution in [3.8, 4) is 5.75 Å². The lowest BCUT2D eigenvalue weighted by Crippen LogP contribution is -2.23. The van der Waals surface area contributed by atoms with Crippen LogP contribution in [0.1, 0.15) is 29.8 Å². The maximum absolute atomic E-state index is 12.9. The molecule has 0 saturated carbocycles. The zero-order chi connectivity index (χ0) is 18.7. The molecule has 0 saturated heterocycles. The molecule has 0 unspecified atom stereocenters. The molecule has 0 spiro atoms. The van der Waals surface area contributed by atoms with Gasteiger partial charge < -0.3 is 14.6 Å². The number of aromatic nitrogens is 1. The van der Waals surface area contributed by atoms with E-state index in [9.17, 15) is 9.59 Å². The fourth-order valence-corrected chi connectivity index (χ4v) is 2.95. The maximum atomic E-state index is 12.9. The van der Waals surface area contributed by atoms with Crippen LogP contribution in [0.25, 0.3) is 10.9 Å². The SMILES string of the molecule is CCc1ccc(NC(=O)c2cn(CC)c3ccc(OC)cc3c2=O)cc1. The minimum Gasteiger partial charge on any atom is -0.497 e. The second kappa shape index (κ2) is 7.44. The molecule has 3 rings (SSSR count). The molecule has 1 aromatic heterocycles. The highest BCUT2D eigenvalue weighted by atomic mass is 16.5. The number of anilines is 1. The molecular formula is C21H22N2O3. The van der Waals surface area contributed by atoms with E-state index in [-0.39, 0.29) is 11.0 Å². The third-order valence-corrected chi connectivity index (χ3v) is 4.49. The van der Waals surface area contributed by atoms with Crippen LogP contribution in [-0.4, -0.2) is 17.6 Å². The van der Waals surface area contributed by atoms with E-state index < -0.39 is 5.91 Å². The monoisotopic (exact) mass is 350 g/mol. The molecule has 134 valence electrons. The van der Waals surface area contributed by atoms with Gasteiger partial charge in [-0.2, -0.15) is 0 Å². The molecule has 26 heavy (non-hydrogen) atoms. The Morgan fingerprint density at radius 2 is 1.85 bits per heavy atom. The Hall–Kier alpha value is -3.08. The number of nitrogens with zero attached hydrogens (tertiary/aromatic N) is 1. The van der Waals surface area contributed by atoms with Gasteiger partial charge in [0.05, 0.1) is 18.0 Å². The number of fused-ring (bicyclic) bond motifs is 1. The summed E-state index contributed by atoms with van der Waals surface area (Å²) in [6.45, 7) is 4.69. The number of carbonyl (C=O) groups is 1. The van der Waals surface area contributed by atoms with Gasteiger partial charge in [-0.05, 0) is 49.2 Å².